The second kappa shape index (κ2) is 5.13. The summed E-state index contributed by atoms with van der Waals surface area (Å²) in [5.74, 6) is 0.661. The molecule has 0 radical (unpaired) electrons. The minimum absolute atomic E-state index is 0.191. The van der Waals surface area contributed by atoms with Crippen molar-refractivity contribution in [2.75, 3.05) is 6.54 Å². The Balaban J connectivity index is 1.87. The van der Waals surface area contributed by atoms with Crippen molar-refractivity contribution in [1.29, 1.82) is 0 Å². The Morgan fingerprint density at radius 2 is 2.47 bits per heavy atom. The van der Waals surface area contributed by atoms with Crippen molar-refractivity contribution in [3.63, 3.8) is 0 Å². The number of nitrogens with zero attached hydrogens (tertiary/aromatic N) is 3. The van der Waals surface area contributed by atoms with Crippen LogP contribution in [0.2, 0.25) is 0 Å². The van der Waals surface area contributed by atoms with Crippen molar-refractivity contribution in [3.8, 4) is 0 Å². The predicted molar refractivity (Wildman–Crippen MR) is 65.5 cm³/mol. The van der Waals surface area contributed by atoms with Gasteiger partial charge in [-0.15, -0.1) is 0 Å². The zero-order valence-electron chi connectivity index (χ0n) is 9.27. The molecule has 0 spiro atoms. The smallest absolute Gasteiger partial charge is 0.272 e. The highest BCUT2D eigenvalue weighted by atomic mass is 79.9. The first-order valence-corrected chi connectivity index (χ1v) is 5.91. The topological polar surface area (TPSA) is 75.6 Å². The number of aromatic nitrogens is 4. The molecule has 2 N–H and O–H groups in total. The number of hydrogen-bond acceptors (Lipinski definition) is 3. The van der Waals surface area contributed by atoms with Crippen LogP contribution in [0, 0.1) is 0 Å². The summed E-state index contributed by atoms with van der Waals surface area (Å²) in [6.07, 6.45) is 5.85. The average molecular weight is 298 g/mol. The molecule has 1 amide bonds. The van der Waals surface area contributed by atoms with Crippen LogP contribution in [0.15, 0.2) is 23.1 Å². The first kappa shape index (κ1) is 11.8. The van der Waals surface area contributed by atoms with Gasteiger partial charge in [0.05, 0.1) is 4.47 Å². The van der Waals surface area contributed by atoms with E-state index >= 15 is 0 Å². The zero-order chi connectivity index (χ0) is 12.3. The van der Waals surface area contributed by atoms with Gasteiger partial charge < -0.3 is 10.3 Å². The molecule has 0 unspecified atom stereocenters. The molecule has 0 aliphatic rings. The van der Waals surface area contributed by atoms with Crippen LogP contribution in [0.3, 0.4) is 0 Å². The quantitative estimate of drug-likeness (QED) is 0.879. The molecule has 0 saturated carbocycles. The van der Waals surface area contributed by atoms with E-state index in [0.29, 0.717) is 23.1 Å². The number of H-pyrrole nitrogens is 1. The minimum atomic E-state index is -0.191. The third-order valence-corrected chi connectivity index (χ3v) is 2.78. The van der Waals surface area contributed by atoms with Gasteiger partial charge in [-0.05, 0) is 15.9 Å². The summed E-state index contributed by atoms with van der Waals surface area (Å²) >= 11 is 3.29. The standard InChI is InChI=1S/C10H12BrN5O/c1-16-6-7(11)9(15-16)10(17)14-3-2-8-12-4-5-13-8/h4-6H,2-3H2,1H3,(H,12,13)(H,14,17). The zero-order valence-corrected chi connectivity index (χ0v) is 10.9. The Morgan fingerprint density at radius 1 is 1.65 bits per heavy atom. The van der Waals surface area contributed by atoms with Gasteiger partial charge in [-0.3, -0.25) is 9.48 Å². The lowest BCUT2D eigenvalue weighted by Gasteiger charge is -2.01. The normalized spacial score (nSPS) is 10.5. The Morgan fingerprint density at radius 3 is 3.06 bits per heavy atom. The maximum absolute atomic E-state index is 11.8. The molecule has 2 rings (SSSR count). The molecule has 2 aromatic heterocycles. The van der Waals surface area contributed by atoms with E-state index in [1.165, 1.54) is 0 Å². The van der Waals surface area contributed by atoms with Crippen molar-refractivity contribution in [1.82, 2.24) is 25.1 Å². The maximum Gasteiger partial charge on any atom is 0.272 e. The van der Waals surface area contributed by atoms with E-state index in [4.69, 9.17) is 0 Å². The molecule has 17 heavy (non-hydrogen) atoms. The van der Waals surface area contributed by atoms with E-state index in [1.54, 1.807) is 30.3 Å². The molecule has 7 heteroatoms. The molecule has 0 atom stereocenters. The number of carbonyl (C=O) groups excluding carboxylic acids is 1. The number of carbonyl (C=O) groups is 1. The van der Waals surface area contributed by atoms with Crippen LogP contribution in [0.5, 0.6) is 0 Å². The lowest BCUT2D eigenvalue weighted by atomic mass is 10.3. The van der Waals surface area contributed by atoms with Gasteiger partial charge in [0.25, 0.3) is 5.91 Å². The van der Waals surface area contributed by atoms with Crippen molar-refractivity contribution >= 4 is 21.8 Å². The van der Waals surface area contributed by atoms with Crippen LogP contribution in [-0.4, -0.2) is 32.2 Å². The molecule has 90 valence electrons. The van der Waals surface area contributed by atoms with Gasteiger partial charge in [-0.2, -0.15) is 5.10 Å². The van der Waals surface area contributed by atoms with Crippen molar-refractivity contribution < 1.29 is 4.79 Å². The number of hydrogen-bond donors (Lipinski definition) is 2. The third-order valence-electron chi connectivity index (χ3n) is 2.20. The fourth-order valence-electron chi connectivity index (χ4n) is 1.43. The Bertz CT molecular complexity index is 505. The van der Waals surface area contributed by atoms with E-state index in [2.05, 4.69) is 36.3 Å². The van der Waals surface area contributed by atoms with Crippen LogP contribution in [0.4, 0.5) is 0 Å². The highest BCUT2D eigenvalue weighted by molar-refractivity contribution is 9.10. The number of aromatic amines is 1. The Kier molecular flexibility index (Phi) is 3.58. The number of halogens is 1. The van der Waals surface area contributed by atoms with Gasteiger partial charge in [0.1, 0.15) is 5.82 Å². The van der Waals surface area contributed by atoms with Gasteiger partial charge in [0, 0.05) is 38.6 Å². The molecule has 0 fully saturated rings. The maximum atomic E-state index is 11.8. The summed E-state index contributed by atoms with van der Waals surface area (Å²) in [5.41, 5.74) is 0.395. The fourth-order valence-corrected chi connectivity index (χ4v) is 1.98. The minimum Gasteiger partial charge on any atom is -0.350 e. The van der Waals surface area contributed by atoms with Crippen LogP contribution in [0.1, 0.15) is 16.3 Å². The van der Waals surface area contributed by atoms with Gasteiger partial charge in [-0.1, -0.05) is 0 Å². The summed E-state index contributed by atoms with van der Waals surface area (Å²) in [7, 11) is 1.77. The lowest BCUT2D eigenvalue weighted by molar-refractivity contribution is 0.0947. The summed E-state index contributed by atoms with van der Waals surface area (Å²) in [6.45, 7) is 0.523. The molecule has 0 bridgehead atoms. The van der Waals surface area contributed by atoms with Crippen LogP contribution in [-0.2, 0) is 13.5 Å². The molecule has 0 aromatic carbocycles. The first-order chi connectivity index (χ1) is 8.16. The first-order valence-electron chi connectivity index (χ1n) is 5.12. The average Bonchev–Trinajstić information content (AvgIpc) is 2.88. The van der Waals surface area contributed by atoms with Crippen LogP contribution in [0.25, 0.3) is 0 Å². The number of rotatable bonds is 4. The Hall–Kier alpha value is -1.63. The third kappa shape index (κ3) is 2.94. The summed E-state index contributed by atoms with van der Waals surface area (Å²) in [5, 5.41) is 6.85. The molecule has 2 heterocycles. The SMILES string of the molecule is Cn1cc(Br)c(C(=O)NCCc2ncc[nH]2)n1. The number of nitrogens with one attached hydrogen (secondary N) is 2. The predicted octanol–water partition coefficient (Wildman–Crippen LogP) is 0.878. The van der Waals surface area contributed by atoms with Crippen molar-refractivity contribution in [2.45, 2.75) is 6.42 Å². The van der Waals surface area contributed by atoms with E-state index in [0.717, 1.165) is 5.82 Å². The van der Waals surface area contributed by atoms with Crippen molar-refractivity contribution in [3.05, 3.63) is 34.6 Å². The Labute approximate surface area is 107 Å². The van der Waals surface area contributed by atoms with Gasteiger partial charge >= 0.3 is 0 Å². The monoisotopic (exact) mass is 297 g/mol. The molecule has 0 aliphatic heterocycles. The van der Waals surface area contributed by atoms with Gasteiger partial charge in [0.15, 0.2) is 5.69 Å². The summed E-state index contributed by atoms with van der Waals surface area (Å²) < 4.78 is 2.28. The molecular weight excluding hydrogens is 286 g/mol. The van der Waals surface area contributed by atoms with E-state index in [-0.39, 0.29) is 5.91 Å². The largest absolute Gasteiger partial charge is 0.350 e. The second-order valence-electron chi connectivity index (χ2n) is 3.54. The summed E-state index contributed by atoms with van der Waals surface area (Å²) in [4.78, 5) is 18.8. The molecule has 0 aliphatic carbocycles. The number of amides is 1. The van der Waals surface area contributed by atoms with Gasteiger partial charge in [0.2, 0.25) is 0 Å². The van der Waals surface area contributed by atoms with E-state index in [1.807, 2.05) is 0 Å². The fraction of sp³-hybridized carbons (Fsp3) is 0.300. The van der Waals surface area contributed by atoms with E-state index in [9.17, 15) is 4.79 Å². The lowest BCUT2D eigenvalue weighted by Crippen LogP contribution is -2.26. The molecule has 2 aromatic rings. The molecular formula is C10H12BrN5O. The number of imidazole rings is 1. The summed E-state index contributed by atoms with van der Waals surface area (Å²) in [6, 6.07) is 0. The van der Waals surface area contributed by atoms with Gasteiger partial charge in [-0.25, -0.2) is 4.98 Å². The number of aryl methyl sites for hydroxylation is 1. The van der Waals surface area contributed by atoms with Crippen molar-refractivity contribution in [2.24, 2.45) is 7.05 Å². The highest BCUT2D eigenvalue weighted by Crippen LogP contribution is 2.13. The van der Waals surface area contributed by atoms with E-state index < -0.39 is 0 Å². The molecule has 0 saturated heterocycles. The second-order valence-corrected chi connectivity index (χ2v) is 4.40. The van der Waals surface area contributed by atoms with Crippen LogP contribution < -0.4 is 5.32 Å². The molecule has 6 nitrogen and oxygen atoms in total. The van der Waals surface area contributed by atoms with Crippen LogP contribution >= 0.6 is 15.9 Å². The highest BCUT2D eigenvalue weighted by Gasteiger charge is 2.13.